The second-order valence-electron chi connectivity index (χ2n) is 4.84. The van der Waals surface area contributed by atoms with Crippen molar-refractivity contribution in [1.82, 2.24) is 4.98 Å². The van der Waals surface area contributed by atoms with Crippen molar-refractivity contribution in [1.29, 1.82) is 0 Å². The fourth-order valence-corrected chi connectivity index (χ4v) is 2.83. The lowest BCUT2D eigenvalue weighted by molar-refractivity contribution is 0.551. The summed E-state index contributed by atoms with van der Waals surface area (Å²) in [6.07, 6.45) is 2.95. The molecule has 112 valence electrons. The molecule has 2 rings (SSSR count). The maximum absolute atomic E-state index is 13.6. The summed E-state index contributed by atoms with van der Waals surface area (Å²) < 4.78 is 52.9. The largest absolute Gasteiger partial charge is 0.278 e. The number of nitrogens with one attached hydrogen (secondary N) is 1. The molecule has 2 aromatic rings. The minimum Gasteiger partial charge on any atom is -0.278 e. The minimum atomic E-state index is -4.13. The Hall–Kier alpha value is -2.02. The molecule has 4 nitrogen and oxygen atoms in total. The van der Waals surface area contributed by atoms with Crippen molar-refractivity contribution in [2.75, 3.05) is 4.72 Å². The summed E-state index contributed by atoms with van der Waals surface area (Å²) in [4.78, 5) is 3.33. The first kappa shape index (κ1) is 15.4. The maximum Gasteiger partial charge on any atom is 0.264 e. The number of benzene rings is 1. The number of pyridine rings is 1. The standard InChI is InChI=1S/C14H14F2N2O2S/c1-9(2)10-5-12(8-17-7-10)18-21(19,20)14-4-3-11(15)6-13(14)16/h3-9,18H,1-2H3. The molecule has 21 heavy (non-hydrogen) atoms. The van der Waals surface area contributed by atoms with E-state index in [4.69, 9.17) is 0 Å². The van der Waals surface area contributed by atoms with Gasteiger partial charge in [0.25, 0.3) is 10.0 Å². The van der Waals surface area contributed by atoms with Gasteiger partial charge in [0.1, 0.15) is 16.5 Å². The lowest BCUT2D eigenvalue weighted by Gasteiger charge is -2.11. The Bertz CT molecular complexity index is 761. The van der Waals surface area contributed by atoms with Crippen molar-refractivity contribution in [3.8, 4) is 0 Å². The number of halogens is 2. The summed E-state index contributed by atoms with van der Waals surface area (Å²) >= 11 is 0. The average Bonchev–Trinajstić information content (AvgIpc) is 2.37. The molecular weight excluding hydrogens is 298 g/mol. The van der Waals surface area contributed by atoms with Crippen LogP contribution in [0.25, 0.3) is 0 Å². The fraction of sp³-hybridized carbons (Fsp3) is 0.214. The predicted molar refractivity (Wildman–Crippen MR) is 75.5 cm³/mol. The van der Waals surface area contributed by atoms with Gasteiger partial charge in [-0.1, -0.05) is 13.8 Å². The number of rotatable bonds is 4. The van der Waals surface area contributed by atoms with Crippen molar-refractivity contribution in [2.24, 2.45) is 0 Å². The van der Waals surface area contributed by atoms with E-state index < -0.39 is 26.6 Å². The van der Waals surface area contributed by atoms with Gasteiger partial charge in [0.2, 0.25) is 0 Å². The van der Waals surface area contributed by atoms with Crippen LogP contribution in [0.2, 0.25) is 0 Å². The number of nitrogens with zero attached hydrogens (tertiary/aromatic N) is 1. The molecule has 0 unspecified atom stereocenters. The zero-order valence-corrected chi connectivity index (χ0v) is 12.3. The van der Waals surface area contributed by atoms with E-state index in [0.717, 1.165) is 17.7 Å². The Morgan fingerprint density at radius 1 is 1.14 bits per heavy atom. The summed E-state index contributed by atoms with van der Waals surface area (Å²) in [5.41, 5.74) is 1.07. The predicted octanol–water partition coefficient (Wildman–Crippen LogP) is 3.28. The van der Waals surface area contributed by atoms with Gasteiger partial charge in [-0.15, -0.1) is 0 Å². The van der Waals surface area contributed by atoms with Crippen molar-refractivity contribution < 1.29 is 17.2 Å². The highest BCUT2D eigenvalue weighted by Gasteiger charge is 2.20. The summed E-state index contributed by atoms with van der Waals surface area (Å²) in [6, 6.07) is 3.92. The third-order valence-electron chi connectivity index (χ3n) is 2.86. The molecule has 1 aromatic carbocycles. The monoisotopic (exact) mass is 312 g/mol. The molecule has 7 heteroatoms. The lowest BCUT2D eigenvalue weighted by Crippen LogP contribution is -2.15. The van der Waals surface area contributed by atoms with Crippen LogP contribution in [0.1, 0.15) is 25.3 Å². The van der Waals surface area contributed by atoms with Crippen LogP contribution in [-0.4, -0.2) is 13.4 Å². The van der Waals surface area contributed by atoms with Crippen LogP contribution in [0.4, 0.5) is 14.5 Å². The lowest BCUT2D eigenvalue weighted by atomic mass is 10.1. The molecule has 0 aliphatic rings. The normalized spacial score (nSPS) is 11.7. The number of aromatic nitrogens is 1. The van der Waals surface area contributed by atoms with E-state index in [1.807, 2.05) is 13.8 Å². The average molecular weight is 312 g/mol. The Balaban J connectivity index is 2.35. The summed E-state index contributed by atoms with van der Waals surface area (Å²) in [5.74, 6) is -1.81. The fourth-order valence-electron chi connectivity index (χ4n) is 1.73. The molecule has 0 amide bonds. The van der Waals surface area contributed by atoms with E-state index in [-0.39, 0.29) is 11.6 Å². The van der Waals surface area contributed by atoms with Gasteiger partial charge in [-0.05, 0) is 29.7 Å². The number of sulfonamides is 1. The summed E-state index contributed by atoms with van der Waals surface area (Å²) in [6.45, 7) is 3.88. The second-order valence-corrected chi connectivity index (χ2v) is 6.49. The van der Waals surface area contributed by atoms with Crippen LogP contribution in [0.3, 0.4) is 0 Å². The van der Waals surface area contributed by atoms with E-state index in [1.54, 1.807) is 12.3 Å². The number of hydrogen-bond acceptors (Lipinski definition) is 3. The van der Waals surface area contributed by atoms with E-state index >= 15 is 0 Å². The highest BCUT2D eigenvalue weighted by Crippen LogP contribution is 2.21. The van der Waals surface area contributed by atoms with Gasteiger partial charge >= 0.3 is 0 Å². The quantitative estimate of drug-likeness (QED) is 0.942. The molecule has 0 bridgehead atoms. The van der Waals surface area contributed by atoms with E-state index in [0.29, 0.717) is 6.07 Å². The van der Waals surface area contributed by atoms with Crippen LogP contribution >= 0.6 is 0 Å². The van der Waals surface area contributed by atoms with E-state index in [1.165, 1.54) is 6.20 Å². The van der Waals surface area contributed by atoms with Crippen molar-refractivity contribution in [2.45, 2.75) is 24.7 Å². The van der Waals surface area contributed by atoms with Crippen molar-refractivity contribution in [3.05, 3.63) is 53.9 Å². The molecule has 0 aliphatic heterocycles. The van der Waals surface area contributed by atoms with Crippen LogP contribution in [0, 0.1) is 11.6 Å². The Morgan fingerprint density at radius 2 is 1.86 bits per heavy atom. The Kier molecular flexibility index (Phi) is 4.22. The topological polar surface area (TPSA) is 59.1 Å². The zero-order valence-electron chi connectivity index (χ0n) is 11.5. The Morgan fingerprint density at radius 3 is 2.48 bits per heavy atom. The molecule has 0 aliphatic carbocycles. The smallest absolute Gasteiger partial charge is 0.264 e. The summed E-state index contributed by atoms with van der Waals surface area (Å²) in [5, 5.41) is 0. The molecule has 0 radical (unpaired) electrons. The number of anilines is 1. The maximum atomic E-state index is 13.6. The number of hydrogen-bond donors (Lipinski definition) is 1. The first-order valence-electron chi connectivity index (χ1n) is 6.22. The van der Waals surface area contributed by atoms with Crippen molar-refractivity contribution >= 4 is 15.7 Å². The van der Waals surface area contributed by atoms with Crippen molar-refractivity contribution in [3.63, 3.8) is 0 Å². The van der Waals surface area contributed by atoms with E-state index in [9.17, 15) is 17.2 Å². The zero-order chi connectivity index (χ0) is 15.6. The third-order valence-corrected chi connectivity index (χ3v) is 4.28. The minimum absolute atomic E-state index is 0.171. The van der Waals surface area contributed by atoms with Gasteiger partial charge in [0.05, 0.1) is 11.9 Å². The van der Waals surface area contributed by atoms with Gasteiger partial charge in [0.15, 0.2) is 0 Å². The molecule has 0 spiro atoms. The van der Waals surface area contributed by atoms with Gasteiger partial charge in [0, 0.05) is 12.3 Å². The highest BCUT2D eigenvalue weighted by atomic mass is 32.2. The van der Waals surface area contributed by atoms with Gasteiger partial charge in [-0.3, -0.25) is 9.71 Å². The molecule has 0 atom stereocenters. The second kappa shape index (κ2) is 5.77. The molecule has 1 heterocycles. The van der Waals surface area contributed by atoms with Crippen LogP contribution < -0.4 is 4.72 Å². The molecule has 1 aromatic heterocycles. The highest BCUT2D eigenvalue weighted by molar-refractivity contribution is 7.92. The molecule has 0 saturated heterocycles. The van der Waals surface area contributed by atoms with Gasteiger partial charge in [-0.25, -0.2) is 17.2 Å². The Labute approximate surface area is 121 Å². The van der Waals surface area contributed by atoms with Gasteiger partial charge < -0.3 is 0 Å². The van der Waals surface area contributed by atoms with E-state index in [2.05, 4.69) is 9.71 Å². The molecular formula is C14H14F2N2O2S. The summed E-state index contributed by atoms with van der Waals surface area (Å²) in [7, 11) is -4.13. The SMILES string of the molecule is CC(C)c1cncc(NS(=O)(=O)c2ccc(F)cc2F)c1. The third kappa shape index (κ3) is 3.55. The first-order chi connectivity index (χ1) is 9.79. The van der Waals surface area contributed by atoms with Crippen LogP contribution in [0.15, 0.2) is 41.6 Å². The van der Waals surface area contributed by atoms with Gasteiger partial charge in [-0.2, -0.15) is 0 Å². The molecule has 0 fully saturated rings. The first-order valence-corrected chi connectivity index (χ1v) is 7.71. The molecule has 0 saturated carbocycles. The van der Waals surface area contributed by atoms with Crippen LogP contribution in [-0.2, 0) is 10.0 Å². The molecule has 1 N–H and O–H groups in total. The van der Waals surface area contributed by atoms with Crippen LogP contribution in [0.5, 0.6) is 0 Å².